The van der Waals surface area contributed by atoms with Gasteiger partial charge in [0.25, 0.3) is 0 Å². The molecule has 2 saturated heterocycles. The van der Waals surface area contributed by atoms with Gasteiger partial charge in [0.2, 0.25) is 17.7 Å². The molecule has 2 aliphatic heterocycles. The smallest absolute Gasteiger partial charge is 0.243 e. The van der Waals surface area contributed by atoms with E-state index in [0.717, 1.165) is 37.7 Å². The molecule has 3 amide bonds. The standard InChI is InChI=1S/C20H25N3O3/c24-17-12-21-18(25)16-11-15(13-23(16)17)22-19(26)20(9-5-2-6-10-20)14-7-3-1-4-8-14/h1,3-4,7-8,15-16H,2,5-6,9-13H2,(H,21,25)(H,22,26)/t15-,16+/m1/s1. The molecule has 6 heteroatoms. The number of carbonyl (C=O) groups is 3. The summed E-state index contributed by atoms with van der Waals surface area (Å²) in [5.74, 6) is -0.139. The van der Waals surface area contributed by atoms with Gasteiger partial charge in [-0.05, 0) is 24.8 Å². The average molecular weight is 355 g/mol. The lowest BCUT2D eigenvalue weighted by Crippen LogP contribution is -2.55. The van der Waals surface area contributed by atoms with Crippen molar-refractivity contribution in [1.29, 1.82) is 0 Å². The molecule has 3 fully saturated rings. The first-order valence-electron chi connectivity index (χ1n) is 9.54. The topological polar surface area (TPSA) is 78.5 Å². The Balaban J connectivity index is 1.53. The molecule has 2 heterocycles. The van der Waals surface area contributed by atoms with Gasteiger partial charge < -0.3 is 15.5 Å². The van der Waals surface area contributed by atoms with Crippen LogP contribution in [0.4, 0.5) is 0 Å². The molecule has 1 aromatic carbocycles. The number of piperazine rings is 1. The molecule has 4 rings (SSSR count). The Bertz CT molecular complexity index is 688. The molecule has 0 radical (unpaired) electrons. The highest BCUT2D eigenvalue weighted by atomic mass is 16.2. The number of nitrogens with one attached hydrogen (secondary N) is 2. The van der Waals surface area contributed by atoms with E-state index in [9.17, 15) is 14.4 Å². The lowest BCUT2D eigenvalue weighted by molar-refractivity contribution is -0.143. The molecule has 2 atom stereocenters. The molecular weight excluding hydrogens is 330 g/mol. The monoisotopic (exact) mass is 355 g/mol. The fraction of sp³-hybridized carbons (Fsp3) is 0.550. The van der Waals surface area contributed by atoms with Crippen LogP contribution >= 0.6 is 0 Å². The molecule has 26 heavy (non-hydrogen) atoms. The third-order valence-electron chi connectivity index (χ3n) is 6.14. The van der Waals surface area contributed by atoms with Crippen LogP contribution in [0.3, 0.4) is 0 Å². The third kappa shape index (κ3) is 2.87. The summed E-state index contributed by atoms with van der Waals surface area (Å²) in [7, 11) is 0. The largest absolute Gasteiger partial charge is 0.351 e. The Morgan fingerprint density at radius 3 is 2.54 bits per heavy atom. The zero-order chi connectivity index (χ0) is 18.1. The summed E-state index contributed by atoms with van der Waals surface area (Å²) >= 11 is 0. The summed E-state index contributed by atoms with van der Waals surface area (Å²) in [5, 5.41) is 5.80. The highest BCUT2D eigenvalue weighted by molar-refractivity contribution is 5.96. The molecule has 6 nitrogen and oxygen atoms in total. The van der Waals surface area contributed by atoms with Crippen LogP contribution < -0.4 is 10.6 Å². The summed E-state index contributed by atoms with van der Waals surface area (Å²) in [6, 6.07) is 9.41. The van der Waals surface area contributed by atoms with Crippen molar-refractivity contribution in [2.45, 2.75) is 56.0 Å². The van der Waals surface area contributed by atoms with E-state index >= 15 is 0 Å². The first kappa shape index (κ1) is 17.1. The molecule has 1 aromatic rings. The van der Waals surface area contributed by atoms with Crippen molar-refractivity contribution in [3.8, 4) is 0 Å². The quantitative estimate of drug-likeness (QED) is 0.852. The average Bonchev–Trinajstić information content (AvgIpc) is 3.11. The summed E-state index contributed by atoms with van der Waals surface area (Å²) in [5.41, 5.74) is 0.580. The fourth-order valence-electron chi connectivity index (χ4n) is 4.73. The number of nitrogens with zero attached hydrogens (tertiary/aromatic N) is 1. The number of hydrogen-bond acceptors (Lipinski definition) is 3. The first-order valence-corrected chi connectivity index (χ1v) is 9.54. The Morgan fingerprint density at radius 2 is 1.85 bits per heavy atom. The number of carbonyl (C=O) groups excluding carboxylic acids is 3. The maximum atomic E-state index is 13.3. The van der Waals surface area contributed by atoms with Crippen molar-refractivity contribution in [2.24, 2.45) is 0 Å². The number of benzene rings is 1. The molecule has 3 aliphatic rings. The second kappa shape index (κ2) is 6.74. The van der Waals surface area contributed by atoms with E-state index in [2.05, 4.69) is 10.6 Å². The van der Waals surface area contributed by atoms with Crippen LogP contribution in [0.15, 0.2) is 30.3 Å². The molecule has 0 bridgehead atoms. The highest BCUT2D eigenvalue weighted by Crippen LogP contribution is 2.40. The predicted molar refractivity (Wildman–Crippen MR) is 96.3 cm³/mol. The van der Waals surface area contributed by atoms with Crippen molar-refractivity contribution in [3.05, 3.63) is 35.9 Å². The molecule has 2 N–H and O–H groups in total. The lowest BCUT2D eigenvalue weighted by Gasteiger charge is -2.37. The molecule has 0 unspecified atom stereocenters. The van der Waals surface area contributed by atoms with Crippen LogP contribution in [-0.4, -0.2) is 47.8 Å². The van der Waals surface area contributed by atoms with Gasteiger partial charge in [-0.15, -0.1) is 0 Å². The molecule has 138 valence electrons. The van der Waals surface area contributed by atoms with Gasteiger partial charge in [0.15, 0.2) is 0 Å². The maximum absolute atomic E-state index is 13.3. The van der Waals surface area contributed by atoms with Crippen LogP contribution in [0.1, 0.15) is 44.1 Å². The minimum atomic E-state index is -0.491. The van der Waals surface area contributed by atoms with E-state index in [1.165, 1.54) is 0 Å². The maximum Gasteiger partial charge on any atom is 0.243 e. The van der Waals surface area contributed by atoms with Crippen LogP contribution in [0.25, 0.3) is 0 Å². The number of amides is 3. The van der Waals surface area contributed by atoms with Gasteiger partial charge in [0.05, 0.1) is 12.0 Å². The van der Waals surface area contributed by atoms with E-state index in [1.54, 1.807) is 4.90 Å². The Labute approximate surface area is 153 Å². The highest BCUT2D eigenvalue weighted by Gasteiger charge is 2.46. The molecule has 1 saturated carbocycles. The van der Waals surface area contributed by atoms with E-state index in [-0.39, 0.29) is 30.3 Å². The van der Waals surface area contributed by atoms with Crippen molar-refractivity contribution in [1.82, 2.24) is 15.5 Å². The predicted octanol–water partition coefficient (Wildman–Crippen LogP) is 1.10. The Kier molecular flexibility index (Phi) is 4.42. The van der Waals surface area contributed by atoms with Crippen molar-refractivity contribution >= 4 is 17.7 Å². The lowest BCUT2D eigenvalue weighted by atomic mass is 9.68. The van der Waals surface area contributed by atoms with Crippen LogP contribution in [0, 0.1) is 0 Å². The summed E-state index contributed by atoms with van der Waals surface area (Å²) in [4.78, 5) is 39.0. The van der Waals surface area contributed by atoms with Gasteiger partial charge in [-0.25, -0.2) is 0 Å². The van der Waals surface area contributed by atoms with E-state index in [4.69, 9.17) is 0 Å². The normalized spacial score (nSPS) is 27.6. The number of fused-ring (bicyclic) bond motifs is 1. The molecule has 0 aromatic heterocycles. The van der Waals surface area contributed by atoms with Gasteiger partial charge in [0.1, 0.15) is 6.04 Å². The second-order valence-electron chi connectivity index (χ2n) is 7.69. The Hall–Kier alpha value is -2.37. The third-order valence-corrected chi connectivity index (χ3v) is 6.14. The minimum Gasteiger partial charge on any atom is -0.351 e. The van der Waals surface area contributed by atoms with Gasteiger partial charge in [0, 0.05) is 12.6 Å². The van der Waals surface area contributed by atoms with Gasteiger partial charge in [-0.3, -0.25) is 14.4 Å². The molecule has 1 aliphatic carbocycles. The summed E-state index contributed by atoms with van der Waals surface area (Å²) < 4.78 is 0. The van der Waals surface area contributed by atoms with Gasteiger partial charge in [-0.2, -0.15) is 0 Å². The zero-order valence-electron chi connectivity index (χ0n) is 14.9. The SMILES string of the molecule is O=C1NCC(=O)N2C[C@H](NC(=O)C3(c4ccccc4)CCCCC3)C[C@@H]12. The Morgan fingerprint density at radius 1 is 1.12 bits per heavy atom. The van der Waals surface area contributed by atoms with Crippen LogP contribution in [-0.2, 0) is 19.8 Å². The van der Waals surface area contributed by atoms with Crippen LogP contribution in [0.2, 0.25) is 0 Å². The van der Waals surface area contributed by atoms with E-state index in [1.807, 2.05) is 30.3 Å². The summed E-state index contributed by atoms with van der Waals surface area (Å²) in [6.45, 7) is 0.484. The second-order valence-corrected chi connectivity index (χ2v) is 7.69. The van der Waals surface area contributed by atoms with Crippen LogP contribution in [0.5, 0.6) is 0 Å². The van der Waals surface area contributed by atoms with Gasteiger partial charge in [-0.1, -0.05) is 49.6 Å². The molecular formula is C20H25N3O3. The van der Waals surface area contributed by atoms with Gasteiger partial charge >= 0.3 is 0 Å². The first-order chi connectivity index (χ1) is 12.6. The minimum absolute atomic E-state index is 0.0427. The van der Waals surface area contributed by atoms with E-state index in [0.29, 0.717) is 13.0 Å². The van der Waals surface area contributed by atoms with E-state index < -0.39 is 11.5 Å². The van der Waals surface area contributed by atoms with Crippen molar-refractivity contribution in [2.75, 3.05) is 13.1 Å². The van der Waals surface area contributed by atoms with Crippen molar-refractivity contribution in [3.63, 3.8) is 0 Å². The zero-order valence-corrected chi connectivity index (χ0v) is 14.9. The fourth-order valence-corrected chi connectivity index (χ4v) is 4.73. The molecule has 0 spiro atoms. The number of rotatable bonds is 3. The summed E-state index contributed by atoms with van der Waals surface area (Å²) in [6.07, 6.45) is 5.44. The van der Waals surface area contributed by atoms with Crippen molar-refractivity contribution < 1.29 is 14.4 Å². The number of hydrogen-bond donors (Lipinski definition) is 2.